The zero-order valence-electron chi connectivity index (χ0n) is 11.6. The van der Waals surface area contributed by atoms with E-state index < -0.39 is 0 Å². The summed E-state index contributed by atoms with van der Waals surface area (Å²) in [5.74, 6) is 0.417. The van der Waals surface area contributed by atoms with E-state index in [2.05, 4.69) is 6.92 Å². The zero-order valence-corrected chi connectivity index (χ0v) is 11.6. The van der Waals surface area contributed by atoms with Crippen LogP contribution in [-0.2, 0) is 16.1 Å². The van der Waals surface area contributed by atoms with Gasteiger partial charge in [0, 0.05) is 12.3 Å². The second-order valence-electron chi connectivity index (χ2n) is 5.54. The molecule has 0 amide bonds. The van der Waals surface area contributed by atoms with Crippen LogP contribution in [-0.4, -0.2) is 16.6 Å². The molecule has 0 spiro atoms. The first-order valence-electron chi connectivity index (χ1n) is 6.91. The van der Waals surface area contributed by atoms with Gasteiger partial charge in [0.05, 0.1) is 0 Å². The van der Waals surface area contributed by atoms with E-state index in [1.54, 1.807) is 6.20 Å². The fourth-order valence-corrected chi connectivity index (χ4v) is 2.45. The maximum atomic E-state index is 11.8. The number of carbonyl (C=O) groups excluding carboxylic acids is 1. The van der Waals surface area contributed by atoms with Crippen molar-refractivity contribution in [1.82, 2.24) is 4.57 Å². The lowest BCUT2D eigenvalue weighted by Crippen LogP contribution is -2.29. The van der Waals surface area contributed by atoms with Crippen molar-refractivity contribution in [2.24, 2.45) is 5.92 Å². The van der Waals surface area contributed by atoms with Crippen molar-refractivity contribution in [3.05, 3.63) is 34.2 Å². The standard InChI is InChI=1S/C15H21NO3/c1-11-3-5-13(6-4-11)19-15(18)10-16-8-7-12(2)9-14(16)17/h7-9,11,13H,3-6,10H2,1-2H3. The first kappa shape index (κ1) is 13.8. The van der Waals surface area contributed by atoms with Crippen molar-refractivity contribution >= 4 is 5.97 Å². The molecule has 1 aromatic heterocycles. The van der Waals surface area contributed by atoms with Crippen LogP contribution in [0.3, 0.4) is 0 Å². The molecule has 0 atom stereocenters. The van der Waals surface area contributed by atoms with Crippen LogP contribution >= 0.6 is 0 Å². The average Bonchev–Trinajstić information content (AvgIpc) is 2.36. The highest BCUT2D eigenvalue weighted by Gasteiger charge is 2.21. The molecular weight excluding hydrogens is 242 g/mol. The molecule has 0 unspecified atom stereocenters. The van der Waals surface area contributed by atoms with E-state index in [-0.39, 0.29) is 24.2 Å². The van der Waals surface area contributed by atoms with Crippen LogP contribution in [0.15, 0.2) is 23.1 Å². The smallest absolute Gasteiger partial charge is 0.326 e. The summed E-state index contributed by atoms with van der Waals surface area (Å²) in [7, 11) is 0. The summed E-state index contributed by atoms with van der Waals surface area (Å²) < 4.78 is 6.82. The Morgan fingerprint density at radius 3 is 2.68 bits per heavy atom. The molecule has 1 fully saturated rings. The Hall–Kier alpha value is -1.58. The van der Waals surface area contributed by atoms with E-state index in [4.69, 9.17) is 4.74 Å². The third-order valence-electron chi connectivity index (χ3n) is 3.71. The second kappa shape index (κ2) is 6.04. The second-order valence-corrected chi connectivity index (χ2v) is 5.54. The lowest BCUT2D eigenvalue weighted by Gasteiger charge is -2.26. The van der Waals surface area contributed by atoms with Crippen LogP contribution in [0.25, 0.3) is 0 Å². The van der Waals surface area contributed by atoms with Crippen molar-refractivity contribution in [2.45, 2.75) is 52.2 Å². The summed E-state index contributed by atoms with van der Waals surface area (Å²) in [5.41, 5.74) is 0.741. The number of carbonyl (C=O) groups is 1. The highest BCUT2D eigenvalue weighted by molar-refractivity contribution is 5.69. The molecule has 0 radical (unpaired) electrons. The van der Waals surface area contributed by atoms with Crippen LogP contribution < -0.4 is 5.56 Å². The minimum atomic E-state index is -0.314. The van der Waals surface area contributed by atoms with E-state index in [0.717, 1.165) is 37.2 Å². The molecule has 19 heavy (non-hydrogen) atoms. The van der Waals surface area contributed by atoms with Crippen molar-refractivity contribution in [1.29, 1.82) is 0 Å². The number of hydrogen-bond acceptors (Lipinski definition) is 3. The van der Waals surface area contributed by atoms with E-state index in [1.165, 1.54) is 10.6 Å². The summed E-state index contributed by atoms with van der Waals surface area (Å²) in [6, 6.07) is 3.34. The minimum absolute atomic E-state index is 0.00513. The Balaban J connectivity index is 1.89. The third-order valence-corrected chi connectivity index (χ3v) is 3.71. The number of aromatic nitrogens is 1. The molecule has 0 aliphatic heterocycles. The number of pyridine rings is 1. The SMILES string of the molecule is Cc1ccn(CC(=O)OC2CCC(C)CC2)c(=O)c1. The third kappa shape index (κ3) is 3.94. The quantitative estimate of drug-likeness (QED) is 0.786. The van der Waals surface area contributed by atoms with Crippen LogP contribution in [0.4, 0.5) is 0 Å². The predicted molar refractivity (Wildman–Crippen MR) is 73.0 cm³/mol. The van der Waals surface area contributed by atoms with Gasteiger partial charge in [-0.25, -0.2) is 0 Å². The van der Waals surface area contributed by atoms with Gasteiger partial charge in [0.15, 0.2) is 0 Å². The van der Waals surface area contributed by atoms with Crippen molar-refractivity contribution in [2.75, 3.05) is 0 Å². The van der Waals surface area contributed by atoms with Gasteiger partial charge in [-0.3, -0.25) is 9.59 Å². The van der Waals surface area contributed by atoms with E-state index in [1.807, 2.05) is 13.0 Å². The summed E-state index contributed by atoms with van der Waals surface area (Å²) in [4.78, 5) is 23.5. The van der Waals surface area contributed by atoms with Crippen LogP contribution in [0.5, 0.6) is 0 Å². The van der Waals surface area contributed by atoms with Gasteiger partial charge in [-0.2, -0.15) is 0 Å². The van der Waals surface area contributed by atoms with Gasteiger partial charge in [0.2, 0.25) is 0 Å². The summed E-state index contributed by atoms with van der Waals surface area (Å²) in [6.45, 7) is 4.09. The first-order chi connectivity index (χ1) is 9.04. The molecule has 0 bridgehead atoms. The Bertz CT molecular complexity index is 498. The Morgan fingerprint density at radius 2 is 2.05 bits per heavy atom. The van der Waals surface area contributed by atoms with Gasteiger partial charge in [0.25, 0.3) is 5.56 Å². The molecule has 1 heterocycles. The number of nitrogens with zero attached hydrogens (tertiary/aromatic N) is 1. The fourth-order valence-electron chi connectivity index (χ4n) is 2.45. The molecule has 1 aliphatic rings. The highest BCUT2D eigenvalue weighted by atomic mass is 16.5. The highest BCUT2D eigenvalue weighted by Crippen LogP contribution is 2.25. The Morgan fingerprint density at radius 1 is 1.37 bits per heavy atom. The van der Waals surface area contributed by atoms with Crippen molar-refractivity contribution in [3.63, 3.8) is 0 Å². The van der Waals surface area contributed by atoms with Gasteiger partial charge in [-0.1, -0.05) is 6.92 Å². The number of hydrogen-bond donors (Lipinski definition) is 0. The van der Waals surface area contributed by atoms with Crippen LogP contribution in [0, 0.1) is 12.8 Å². The normalized spacial score (nSPS) is 23.1. The summed E-state index contributed by atoms with van der Waals surface area (Å²) >= 11 is 0. The average molecular weight is 263 g/mol. The lowest BCUT2D eigenvalue weighted by molar-refractivity contribution is -0.151. The molecule has 0 aromatic carbocycles. The molecular formula is C15H21NO3. The topological polar surface area (TPSA) is 48.3 Å². The largest absolute Gasteiger partial charge is 0.461 e. The minimum Gasteiger partial charge on any atom is -0.461 e. The number of aryl methyl sites for hydroxylation is 1. The summed E-state index contributed by atoms with van der Waals surface area (Å²) in [6.07, 6.45) is 5.78. The van der Waals surface area contributed by atoms with Gasteiger partial charge in [0.1, 0.15) is 12.6 Å². The molecule has 1 saturated carbocycles. The Labute approximate surface area is 113 Å². The van der Waals surface area contributed by atoms with E-state index in [9.17, 15) is 9.59 Å². The molecule has 0 saturated heterocycles. The number of rotatable bonds is 3. The van der Waals surface area contributed by atoms with Crippen LogP contribution in [0.2, 0.25) is 0 Å². The van der Waals surface area contributed by atoms with Crippen LogP contribution in [0.1, 0.15) is 38.2 Å². The van der Waals surface area contributed by atoms with Crippen molar-refractivity contribution in [3.8, 4) is 0 Å². The molecule has 1 aliphatic carbocycles. The molecule has 4 heteroatoms. The zero-order chi connectivity index (χ0) is 13.8. The lowest BCUT2D eigenvalue weighted by atomic mass is 9.89. The predicted octanol–water partition coefficient (Wildman–Crippen LogP) is 2.28. The molecule has 2 rings (SSSR count). The van der Waals surface area contributed by atoms with Gasteiger partial charge >= 0.3 is 5.97 Å². The van der Waals surface area contributed by atoms with E-state index >= 15 is 0 Å². The van der Waals surface area contributed by atoms with Crippen molar-refractivity contribution < 1.29 is 9.53 Å². The van der Waals surface area contributed by atoms with Gasteiger partial charge in [-0.15, -0.1) is 0 Å². The van der Waals surface area contributed by atoms with Gasteiger partial charge in [-0.05, 0) is 50.2 Å². The number of ether oxygens (including phenoxy) is 1. The first-order valence-corrected chi connectivity index (χ1v) is 6.91. The maximum Gasteiger partial charge on any atom is 0.326 e. The Kier molecular flexibility index (Phi) is 4.40. The maximum absolute atomic E-state index is 11.8. The van der Waals surface area contributed by atoms with E-state index in [0.29, 0.717) is 0 Å². The molecule has 104 valence electrons. The molecule has 1 aromatic rings. The monoisotopic (exact) mass is 263 g/mol. The number of esters is 1. The molecule has 0 N–H and O–H groups in total. The molecule has 4 nitrogen and oxygen atoms in total. The van der Waals surface area contributed by atoms with Gasteiger partial charge < -0.3 is 9.30 Å². The fraction of sp³-hybridized carbons (Fsp3) is 0.600. The summed E-state index contributed by atoms with van der Waals surface area (Å²) in [5, 5.41) is 0.